The Morgan fingerprint density at radius 2 is 2.24 bits per heavy atom. The van der Waals surface area contributed by atoms with Gasteiger partial charge in [-0.1, -0.05) is 11.8 Å². The molecule has 0 saturated heterocycles. The van der Waals surface area contributed by atoms with E-state index >= 15 is 0 Å². The lowest BCUT2D eigenvalue weighted by Crippen LogP contribution is -2.20. The molecule has 1 rings (SSSR count). The van der Waals surface area contributed by atoms with Gasteiger partial charge < -0.3 is 16.8 Å². The lowest BCUT2D eigenvalue weighted by Gasteiger charge is -2.02. The first kappa shape index (κ1) is 12.8. The van der Waals surface area contributed by atoms with Crippen LogP contribution in [0.1, 0.15) is 24.6 Å². The van der Waals surface area contributed by atoms with Crippen molar-refractivity contribution >= 4 is 17.4 Å². The SMILES string of the molecule is CC(=O)NCCC#Cc1cc(N)c(N)nc1C. The summed E-state index contributed by atoms with van der Waals surface area (Å²) in [6.07, 6.45) is 0.587. The predicted molar refractivity (Wildman–Crippen MR) is 68.0 cm³/mol. The number of carbonyl (C=O) groups excluding carboxylic acids is 1. The van der Waals surface area contributed by atoms with Gasteiger partial charge in [0.15, 0.2) is 0 Å². The van der Waals surface area contributed by atoms with Gasteiger partial charge in [-0.15, -0.1) is 0 Å². The molecular formula is C12H16N4O. The molecular weight excluding hydrogens is 216 g/mol. The van der Waals surface area contributed by atoms with Crippen molar-refractivity contribution < 1.29 is 4.79 Å². The smallest absolute Gasteiger partial charge is 0.216 e. The van der Waals surface area contributed by atoms with Crippen LogP contribution in [0.4, 0.5) is 11.5 Å². The van der Waals surface area contributed by atoms with Gasteiger partial charge in [-0.2, -0.15) is 0 Å². The second-order valence-corrected chi connectivity index (χ2v) is 3.63. The molecule has 1 aromatic rings. The molecule has 1 amide bonds. The van der Waals surface area contributed by atoms with Crippen molar-refractivity contribution in [3.63, 3.8) is 0 Å². The van der Waals surface area contributed by atoms with E-state index in [-0.39, 0.29) is 5.91 Å². The minimum absolute atomic E-state index is 0.0543. The Balaban J connectivity index is 2.66. The average Bonchev–Trinajstić information content (AvgIpc) is 2.24. The van der Waals surface area contributed by atoms with E-state index in [1.54, 1.807) is 6.07 Å². The van der Waals surface area contributed by atoms with Crippen molar-refractivity contribution in [2.75, 3.05) is 18.0 Å². The van der Waals surface area contributed by atoms with Crippen molar-refractivity contribution in [2.24, 2.45) is 0 Å². The van der Waals surface area contributed by atoms with E-state index in [9.17, 15) is 4.79 Å². The molecule has 1 heterocycles. The molecule has 1 aromatic heterocycles. The summed E-state index contributed by atoms with van der Waals surface area (Å²) >= 11 is 0. The Morgan fingerprint density at radius 3 is 2.88 bits per heavy atom. The van der Waals surface area contributed by atoms with Crippen LogP contribution < -0.4 is 16.8 Å². The normalized spacial score (nSPS) is 9.29. The highest BCUT2D eigenvalue weighted by atomic mass is 16.1. The van der Waals surface area contributed by atoms with E-state index in [1.807, 2.05) is 6.92 Å². The van der Waals surface area contributed by atoms with Crippen molar-refractivity contribution in [2.45, 2.75) is 20.3 Å². The summed E-state index contributed by atoms with van der Waals surface area (Å²) in [6.45, 7) is 3.84. The third kappa shape index (κ3) is 4.03. The largest absolute Gasteiger partial charge is 0.396 e. The van der Waals surface area contributed by atoms with Gasteiger partial charge in [-0.25, -0.2) is 4.98 Å². The highest BCUT2D eigenvalue weighted by Gasteiger charge is 2.01. The molecule has 0 radical (unpaired) electrons. The third-order valence-corrected chi connectivity index (χ3v) is 2.12. The molecule has 17 heavy (non-hydrogen) atoms. The number of nitrogens with zero attached hydrogens (tertiary/aromatic N) is 1. The zero-order valence-electron chi connectivity index (χ0n) is 10.0. The van der Waals surface area contributed by atoms with Crippen LogP contribution >= 0.6 is 0 Å². The zero-order chi connectivity index (χ0) is 12.8. The number of carbonyl (C=O) groups is 1. The lowest BCUT2D eigenvalue weighted by atomic mass is 10.2. The van der Waals surface area contributed by atoms with Gasteiger partial charge in [0.2, 0.25) is 5.91 Å². The van der Waals surface area contributed by atoms with Gasteiger partial charge in [0.1, 0.15) is 5.82 Å². The van der Waals surface area contributed by atoms with Crippen LogP contribution in [0.5, 0.6) is 0 Å². The number of nitrogens with two attached hydrogens (primary N) is 2. The molecule has 0 spiro atoms. The Kier molecular flexibility index (Phi) is 4.35. The van der Waals surface area contributed by atoms with E-state index < -0.39 is 0 Å². The lowest BCUT2D eigenvalue weighted by molar-refractivity contribution is -0.118. The number of nitrogen functional groups attached to an aromatic ring is 2. The fraction of sp³-hybridized carbons (Fsp3) is 0.333. The summed E-state index contributed by atoms with van der Waals surface area (Å²) in [5.41, 5.74) is 13.2. The fourth-order valence-corrected chi connectivity index (χ4v) is 1.22. The fourth-order valence-electron chi connectivity index (χ4n) is 1.22. The number of nitrogens with one attached hydrogen (secondary N) is 1. The Hall–Kier alpha value is -2.22. The van der Waals surface area contributed by atoms with Gasteiger partial charge in [0.25, 0.3) is 0 Å². The number of hydrogen-bond donors (Lipinski definition) is 3. The highest BCUT2D eigenvalue weighted by molar-refractivity contribution is 5.72. The van der Waals surface area contributed by atoms with Crippen LogP contribution in [0.15, 0.2) is 6.07 Å². The second-order valence-electron chi connectivity index (χ2n) is 3.63. The molecule has 0 aliphatic heterocycles. The first-order valence-corrected chi connectivity index (χ1v) is 5.26. The van der Waals surface area contributed by atoms with E-state index in [0.717, 1.165) is 11.3 Å². The van der Waals surface area contributed by atoms with Crippen LogP contribution in [0.3, 0.4) is 0 Å². The molecule has 0 saturated carbocycles. The molecule has 90 valence electrons. The molecule has 5 N–H and O–H groups in total. The Bertz CT molecular complexity index is 485. The maximum atomic E-state index is 10.6. The average molecular weight is 232 g/mol. The number of amides is 1. The summed E-state index contributed by atoms with van der Waals surface area (Å²) in [5.74, 6) is 6.17. The number of anilines is 2. The van der Waals surface area contributed by atoms with E-state index in [1.165, 1.54) is 6.92 Å². The third-order valence-electron chi connectivity index (χ3n) is 2.12. The van der Waals surface area contributed by atoms with Crippen molar-refractivity contribution in [1.82, 2.24) is 10.3 Å². The number of aromatic nitrogens is 1. The molecule has 0 fully saturated rings. The van der Waals surface area contributed by atoms with Gasteiger partial charge in [0.05, 0.1) is 11.4 Å². The second kappa shape index (κ2) is 5.75. The molecule has 0 unspecified atom stereocenters. The van der Waals surface area contributed by atoms with Gasteiger partial charge in [0, 0.05) is 25.5 Å². The molecule has 0 bridgehead atoms. The van der Waals surface area contributed by atoms with Crippen LogP contribution in [-0.2, 0) is 4.79 Å². The monoisotopic (exact) mass is 232 g/mol. The molecule has 5 nitrogen and oxygen atoms in total. The Morgan fingerprint density at radius 1 is 1.53 bits per heavy atom. The molecule has 5 heteroatoms. The molecule has 0 aromatic carbocycles. The molecule has 0 aliphatic carbocycles. The first-order chi connectivity index (χ1) is 8.00. The van der Waals surface area contributed by atoms with E-state index in [2.05, 4.69) is 22.1 Å². The summed E-state index contributed by atoms with van der Waals surface area (Å²) in [4.78, 5) is 14.7. The zero-order valence-corrected chi connectivity index (χ0v) is 10.0. The van der Waals surface area contributed by atoms with Crippen LogP contribution in [0, 0.1) is 18.8 Å². The van der Waals surface area contributed by atoms with Crippen LogP contribution in [0.2, 0.25) is 0 Å². The number of rotatable bonds is 2. The minimum Gasteiger partial charge on any atom is -0.396 e. The number of hydrogen-bond acceptors (Lipinski definition) is 4. The van der Waals surface area contributed by atoms with Crippen LogP contribution in [0.25, 0.3) is 0 Å². The van der Waals surface area contributed by atoms with Gasteiger partial charge in [-0.3, -0.25) is 4.79 Å². The quantitative estimate of drug-likeness (QED) is 0.509. The standard InChI is InChI=1S/C12H16N4O/c1-8-10(7-11(13)12(14)16-8)5-3-4-6-15-9(2)17/h7H,4,6,13H2,1-2H3,(H2,14,16)(H,15,17). The summed E-state index contributed by atoms with van der Waals surface area (Å²) in [5, 5.41) is 2.67. The van der Waals surface area contributed by atoms with E-state index in [4.69, 9.17) is 11.5 Å². The van der Waals surface area contributed by atoms with Crippen LogP contribution in [-0.4, -0.2) is 17.4 Å². The molecule has 0 atom stereocenters. The number of pyridine rings is 1. The van der Waals surface area contributed by atoms with Gasteiger partial charge in [-0.05, 0) is 13.0 Å². The summed E-state index contributed by atoms with van der Waals surface area (Å²) in [7, 11) is 0. The predicted octanol–water partition coefficient (Wildman–Crippen LogP) is 0.432. The highest BCUT2D eigenvalue weighted by Crippen LogP contribution is 2.15. The first-order valence-electron chi connectivity index (χ1n) is 5.26. The van der Waals surface area contributed by atoms with Crippen molar-refractivity contribution in [1.29, 1.82) is 0 Å². The summed E-state index contributed by atoms with van der Waals surface area (Å²) in [6, 6.07) is 1.71. The van der Waals surface area contributed by atoms with E-state index in [0.29, 0.717) is 24.5 Å². The van der Waals surface area contributed by atoms with Crippen molar-refractivity contribution in [3.05, 3.63) is 17.3 Å². The van der Waals surface area contributed by atoms with Crippen molar-refractivity contribution in [3.8, 4) is 11.8 Å². The maximum absolute atomic E-state index is 10.6. The number of aryl methyl sites for hydroxylation is 1. The topological polar surface area (TPSA) is 94.0 Å². The molecule has 0 aliphatic rings. The summed E-state index contributed by atoms with van der Waals surface area (Å²) < 4.78 is 0. The maximum Gasteiger partial charge on any atom is 0.216 e. The minimum atomic E-state index is -0.0543. The Labute approximate surface area is 101 Å². The van der Waals surface area contributed by atoms with Gasteiger partial charge >= 0.3 is 0 Å².